The van der Waals surface area contributed by atoms with Gasteiger partial charge in [0.1, 0.15) is 0 Å². The third-order valence-corrected chi connectivity index (χ3v) is 7.55. The van der Waals surface area contributed by atoms with Crippen LogP contribution in [0.5, 0.6) is 0 Å². The number of benzene rings is 3. The molecule has 0 radical (unpaired) electrons. The van der Waals surface area contributed by atoms with E-state index in [0.29, 0.717) is 27.5 Å². The third kappa shape index (κ3) is 4.25. The highest BCUT2D eigenvalue weighted by atomic mass is 79.9. The fourth-order valence-corrected chi connectivity index (χ4v) is 5.44. The summed E-state index contributed by atoms with van der Waals surface area (Å²) in [5.74, 6) is 0. The molecule has 4 rings (SSSR count). The Hall–Kier alpha value is -2.13. The molecule has 4 aromatic rings. The number of hydrogen-bond donors (Lipinski definition) is 1. The van der Waals surface area contributed by atoms with Crippen LogP contribution in [0.25, 0.3) is 10.2 Å². The maximum absolute atomic E-state index is 12.7. The summed E-state index contributed by atoms with van der Waals surface area (Å²) in [6, 6.07) is 18.8. The summed E-state index contributed by atoms with van der Waals surface area (Å²) in [6.07, 6.45) is 0. The molecular formula is C20H14BrClN2O3S2. The first-order chi connectivity index (χ1) is 13.8. The SMILES string of the molecule is O=c1sc2cc(S(=O)(=O)Nc3ccc(Br)cc3)ccc2n1Cc1ccccc1Cl. The number of rotatable bonds is 5. The molecule has 148 valence electrons. The molecule has 3 aromatic carbocycles. The Morgan fingerprint density at radius 2 is 1.76 bits per heavy atom. The van der Waals surface area contributed by atoms with Crippen LogP contribution in [0, 0.1) is 0 Å². The summed E-state index contributed by atoms with van der Waals surface area (Å²) in [5, 5.41) is 0.580. The highest BCUT2D eigenvalue weighted by Gasteiger charge is 2.17. The first-order valence-electron chi connectivity index (χ1n) is 8.49. The summed E-state index contributed by atoms with van der Waals surface area (Å²) in [7, 11) is -3.78. The molecule has 1 heterocycles. The topological polar surface area (TPSA) is 68.2 Å². The summed E-state index contributed by atoms with van der Waals surface area (Å²) in [6.45, 7) is 0.321. The third-order valence-electron chi connectivity index (χ3n) is 4.33. The smallest absolute Gasteiger partial charge is 0.294 e. The number of anilines is 1. The number of hydrogen-bond acceptors (Lipinski definition) is 4. The Morgan fingerprint density at radius 3 is 2.48 bits per heavy atom. The molecule has 0 saturated heterocycles. The highest BCUT2D eigenvalue weighted by molar-refractivity contribution is 9.10. The molecule has 0 aliphatic heterocycles. The molecule has 9 heteroatoms. The molecule has 0 aliphatic rings. The Kier molecular flexibility index (Phi) is 5.52. The van der Waals surface area contributed by atoms with Gasteiger partial charge in [0.25, 0.3) is 10.0 Å². The average molecular weight is 510 g/mol. The van der Waals surface area contributed by atoms with E-state index in [2.05, 4.69) is 20.7 Å². The number of nitrogens with zero attached hydrogens (tertiary/aromatic N) is 1. The number of thiazole rings is 1. The van der Waals surface area contributed by atoms with Gasteiger partial charge in [0.2, 0.25) is 0 Å². The number of sulfonamides is 1. The van der Waals surface area contributed by atoms with E-state index in [-0.39, 0.29) is 9.77 Å². The summed E-state index contributed by atoms with van der Waals surface area (Å²) in [5.41, 5.74) is 1.95. The normalized spacial score (nSPS) is 11.7. The van der Waals surface area contributed by atoms with E-state index >= 15 is 0 Å². The predicted molar refractivity (Wildman–Crippen MR) is 122 cm³/mol. The Labute approximate surface area is 184 Å². The van der Waals surface area contributed by atoms with Crippen LogP contribution < -0.4 is 9.60 Å². The van der Waals surface area contributed by atoms with Crippen LogP contribution in [0.4, 0.5) is 5.69 Å². The number of aromatic nitrogens is 1. The zero-order chi connectivity index (χ0) is 20.6. The molecule has 0 saturated carbocycles. The Balaban J connectivity index is 1.69. The van der Waals surface area contributed by atoms with E-state index in [1.54, 1.807) is 41.0 Å². The van der Waals surface area contributed by atoms with Gasteiger partial charge in [0, 0.05) is 15.2 Å². The van der Waals surface area contributed by atoms with Crippen LogP contribution in [0.15, 0.2) is 80.9 Å². The molecule has 5 nitrogen and oxygen atoms in total. The van der Waals surface area contributed by atoms with Gasteiger partial charge >= 0.3 is 4.87 Å². The molecule has 0 spiro atoms. The van der Waals surface area contributed by atoms with Crippen LogP contribution in [-0.4, -0.2) is 13.0 Å². The first-order valence-corrected chi connectivity index (χ1v) is 12.0. The monoisotopic (exact) mass is 508 g/mol. The fraction of sp³-hybridized carbons (Fsp3) is 0.0500. The second-order valence-corrected chi connectivity index (χ2v) is 10.3. The van der Waals surface area contributed by atoms with Crippen molar-refractivity contribution in [3.63, 3.8) is 0 Å². The maximum atomic E-state index is 12.7. The minimum absolute atomic E-state index is 0.0964. The fourth-order valence-electron chi connectivity index (χ4n) is 2.89. The highest BCUT2D eigenvalue weighted by Crippen LogP contribution is 2.25. The van der Waals surface area contributed by atoms with Gasteiger partial charge in [-0.3, -0.25) is 14.1 Å². The second-order valence-electron chi connectivity index (χ2n) is 6.29. The molecule has 1 N–H and O–H groups in total. The lowest BCUT2D eigenvalue weighted by atomic mass is 10.2. The van der Waals surface area contributed by atoms with E-state index < -0.39 is 10.0 Å². The van der Waals surface area contributed by atoms with Gasteiger partial charge in [-0.1, -0.05) is 57.1 Å². The Bertz CT molecular complexity index is 1360. The lowest BCUT2D eigenvalue weighted by Crippen LogP contribution is -2.14. The second kappa shape index (κ2) is 7.95. The van der Waals surface area contributed by atoms with Crippen molar-refractivity contribution in [2.24, 2.45) is 0 Å². The first kappa shape index (κ1) is 20.2. The molecule has 1 aromatic heterocycles. The average Bonchev–Trinajstić information content (AvgIpc) is 3.00. The quantitative estimate of drug-likeness (QED) is 0.395. The van der Waals surface area contributed by atoms with E-state index in [0.717, 1.165) is 21.4 Å². The number of halogens is 2. The van der Waals surface area contributed by atoms with Crippen LogP contribution >= 0.6 is 38.9 Å². The lowest BCUT2D eigenvalue weighted by Gasteiger charge is -2.09. The molecule has 0 aliphatic carbocycles. The van der Waals surface area contributed by atoms with Crippen LogP contribution in [-0.2, 0) is 16.6 Å². The van der Waals surface area contributed by atoms with Gasteiger partial charge in [-0.2, -0.15) is 0 Å². The minimum atomic E-state index is -3.78. The minimum Gasteiger partial charge on any atom is -0.294 e. The molecule has 0 amide bonds. The zero-order valence-electron chi connectivity index (χ0n) is 14.8. The number of fused-ring (bicyclic) bond motifs is 1. The lowest BCUT2D eigenvalue weighted by molar-refractivity contribution is 0.601. The van der Waals surface area contributed by atoms with Gasteiger partial charge < -0.3 is 0 Å². The van der Waals surface area contributed by atoms with Gasteiger partial charge in [-0.05, 0) is 54.1 Å². The van der Waals surface area contributed by atoms with E-state index in [1.807, 2.05) is 18.2 Å². The van der Waals surface area contributed by atoms with Gasteiger partial charge in [0.05, 0.1) is 21.7 Å². The van der Waals surface area contributed by atoms with Gasteiger partial charge in [0.15, 0.2) is 0 Å². The maximum Gasteiger partial charge on any atom is 0.308 e. The van der Waals surface area contributed by atoms with Crippen LogP contribution in [0.3, 0.4) is 0 Å². The van der Waals surface area contributed by atoms with Gasteiger partial charge in [-0.25, -0.2) is 8.42 Å². The molecule has 29 heavy (non-hydrogen) atoms. The zero-order valence-corrected chi connectivity index (χ0v) is 18.8. The summed E-state index contributed by atoms with van der Waals surface area (Å²) < 4.78 is 31.1. The van der Waals surface area contributed by atoms with E-state index in [1.165, 1.54) is 12.1 Å². The van der Waals surface area contributed by atoms with Crippen molar-refractivity contribution in [3.05, 3.63) is 91.5 Å². The number of nitrogens with one attached hydrogen (secondary N) is 1. The molecule has 0 atom stereocenters. The van der Waals surface area contributed by atoms with Crippen LogP contribution in [0.2, 0.25) is 5.02 Å². The molecule has 0 bridgehead atoms. The van der Waals surface area contributed by atoms with Crippen molar-refractivity contribution < 1.29 is 8.42 Å². The van der Waals surface area contributed by atoms with Crippen molar-refractivity contribution in [2.75, 3.05) is 4.72 Å². The standard InChI is InChI=1S/C20H14BrClN2O3S2/c21-14-5-7-15(8-6-14)23-29(26,27)16-9-10-18-19(11-16)28-20(25)24(18)12-13-3-1-2-4-17(13)22/h1-11,23H,12H2. The van der Waals surface area contributed by atoms with Crippen molar-refractivity contribution >= 4 is 64.8 Å². The van der Waals surface area contributed by atoms with Crippen LogP contribution in [0.1, 0.15) is 5.56 Å². The van der Waals surface area contributed by atoms with Crippen molar-refractivity contribution in [1.29, 1.82) is 0 Å². The summed E-state index contributed by atoms with van der Waals surface area (Å²) in [4.78, 5) is 12.4. The Morgan fingerprint density at radius 1 is 1.03 bits per heavy atom. The van der Waals surface area contributed by atoms with E-state index in [9.17, 15) is 13.2 Å². The molecular weight excluding hydrogens is 496 g/mol. The predicted octanol–water partition coefficient (Wildman–Crippen LogP) is 5.33. The van der Waals surface area contributed by atoms with Gasteiger partial charge in [-0.15, -0.1) is 0 Å². The van der Waals surface area contributed by atoms with Crippen molar-refractivity contribution in [1.82, 2.24) is 4.57 Å². The van der Waals surface area contributed by atoms with Crippen molar-refractivity contribution in [3.8, 4) is 0 Å². The largest absolute Gasteiger partial charge is 0.308 e. The summed E-state index contributed by atoms with van der Waals surface area (Å²) >= 11 is 10.5. The van der Waals surface area contributed by atoms with E-state index in [4.69, 9.17) is 11.6 Å². The van der Waals surface area contributed by atoms with Crippen molar-refractivity contribution in [2.45, 2.75) is 11.4 Å². The molecule has 0 unspecified atom stereocenters. The molecule has 0 fully saturated rings.